The average Bonchev–Trinajstić information content (AvgIpc) is 3.14. The third-order valence-corrected chi connectivity index (χ3v) is 6.13. The molecule has 0 spiro atoms. The van der Waals surface area contributed by atoms with E-state index < -0.39 is 17.6 Å². The van der Waals surface area contributed by atoms with Gasteiger partial charge in [0.05, 0.1) is 16.8 Å². The van der Waals surface area contributed by atoms with Gasteiger partial charge in [0.15, 0.2) is 5.16 Å². The van der Waals surface area contributed by atoms with Gasteiger partial charge < -0.3 is 5.32 Å². The molecular formula is C20H20F3N3O2S2. The van der Waals surface area contributed by atoms with E-state index in [-0.39, 0.29) is 17.0 Å². The van der Waals surface area contributed by atoms with E-state index in [1.54, 1.807) is 16.0 Å². The summed E-state index contributed by atoms with van der Waals surface area (Å²) in [5.74, 6) is -0.174. The van der Waals surface area contributed by atoms with Crippen LogP contribution in [-0.2, 0) is 17.5 Å². The van der Waals surface area contributed by atoms with Gasteiger partial charge in [-0.15, -0.1) is 11.3 Å². The van der Waals surface area contributed by atoms with Gasteiger partial charge >= 0.3 is 6.18 Å². The standard InChI is InChI=1S/C20H20F3N3O2S2/c1-12(2)6-8-26-18(28)17-15(7-9-29-17)25-19(26)30-11-16(27)24-14-5-3-4-13(10-14)20(21,22)23/h3-5,7,9-10,12H,6,8,11H2,1-2H3,(H,24,27). The number of aromatic nitrogens is 2. The van der Waals surface area contributed by atoms with Gasteiger partial charge in [0.2, 0.25) is 5.91 Å². The van der Waals surface area contributed by atoms with Crippen molar-refractivity contribution in [1.82, 2.24) is 9.55 Å². The molecular weight excluding hydrogens is 435 g/mol. The first-order valence-electron chi connectivity index (χ1n) is 9.23. The Morgan fingerprint density at radius 2 is 2.07 bits per heavy atom. The van der Waals surface area contributed by atoms with Crippen LogP contribution in [0.5, 0.6) is 0 Å². The van der Waals surface area contributed by atoms with Gasteiger partial charge in [-0.1, -0.05) is 31.7 Å². The van der Waals surface area contributed by atoms with E-state index in [1.807, 2.05) is 0 Å². The highest BCUT2D eigenvalue weighted by molar-refractivity contribution is 7.99. The lowest BCUT2D eigenvalue weighted by Crippen LogP contribution is -2.24. The molecule has 10 heteroatoms. The fourth-order valence-corrected chi connectivity index (χ4v) is 4.32. The van der Waals surface area contributed by atoms with Crippen molar-refractivity contribution < 1.29 is 18.0 Å². The molecule has 3 rings (SSSR count). The summed E-state index contributed by atoms with van der Waals surface area (Å²) < 4.78 is 40.6. The number of fused-ring (bicyclic) bond motifs is 1. The van der Waals surface area contributed by atoms with E-state index in [1.165, 1.54) is 23.5 Å². The van der Waals surface area contributed by atoms with Crippen LogP contribution in [0.4, 0.5) is 18.9 Å². The van der Waals surface area contributed by atoms with E-state index in [0.29, 0.717) is 27.8 Å². The predicted molar refractivity (Wildman–Crippen MR) is 114 cm³/mol. The maximum atomic E-state index is 12.8. The molecule has 0 atom stereocenters. The maximum absolute atomic E-state index is 12.8. The van der Waals surface area contributed by atoms with Gasteiger partial charge in [-0.2, -0.15) is 13.2 Å². The number of hydrogen-bond donors (Lipinski definition) is 1. The number of benzene rings is 1. The predicted octanol–water partition coefficient (Wildman–Crippen LogP) is 5.25. The van der Waals surface area contributed by atoms with E-state index in [0.717, 1.165) is 30.3 Å². The maximum Gasteiger partial charge on any atom is 0.416 e. The molecule has 1 N–H and O–H groups in total. The molecule has 2 aromatic heterocycles. The molecule has 0 bridgehead atoms. The van der Waals surface area contributed by atoms with Crippen molar-refractivity contribution in [1.29, 1.82) is 0 Å². The summed E-state index contributed by atoms with van der Waals surface area (Å²) in [6.45, 7) is 4.59. The summed E-state index contributed by atoms with van der Waals surface area (Å²) in [6.07, 6.45) is -3.70. The van der Waals surface area contributed by atoms with E-state index >= 15 is 0 Å². The number of carbonyl (C=O) groups excluding carboxylic acids is 1. The van der Waals surface area contributed by atoms with Crippen molar-refractivity contribution >= 4 is 44.9 Å². The first kappa shape index (κ1) is 22.4. The number of thiophene rings is 1. The number of carbonyl (C=O) groups is 1. The van der Waals surface area contributed by atoms with Crippen LogP contribution in [0.3, 0.4) is 0 Å². The van der Waals surface area contributed by atoms with Gasteiger partial charge in [0, 0.05) is 12.2 Å². The van der Waals surface area contributed by atoms with Crippen LogP contribution < -0.4 is 10.9 Å². The molecule has 0 saturated heterocycles. The zero-order chi connectivity index (χ0) is 21.9. The van der Waals surface area contributed by atoms with Gasteiger partial charge in [-0.05, 0) is 42.0 Å². The van der Waals surface area contributed by atoms with Crippen molar-refractivity contribution in [2.45, 2.75) is 38.1 Å². The van der Waals surface area contributed by atoms with Crippen LogP contribution in [0.2, 0.25) is 0 Å². The minimum atomic E-state index is -4.48. The molecule has 0 saturated carbocycles. The number of halogens is 3. The van der Waals surface area contributed by atoms with Gasteiger partial charge in [-0.25, -0.2) is 4.98 Å². The number of hydrogen-bond acceptors (Lipinski definition) is 5. The minimum absolute atomic E-state index is 0.0638. The number of alkyl halides is 3. The second-order valence-electron chi connectivity index (χ2n) is 7.08. The Bertz CT molecular complexity index is 1110. The molecule has 30 heavy (non-hydrogen) atoms. The Morgan fingerprint density at radius 1 is 1.30 bits per heavy atom. The molecule has 2 heterocycles. The van der Waals surface area contributed by atoms with E-state index in [4.69, 9.17) is 0 Å². The number of rotatable bonds is 7. The Morgan fingerprint density at radius 3 is 2.77 bits per heavy atom. The summed E-state index contributed by atoms with van der Waals surface area (Å²) in [5.41, 5.74) is -0.336. The molecule has 5 nitrogen and oxygen atoms in total. The lowest BCUT2D eigenvalue weighted by atomic mass is 10.1. The Balaban J connectivity index is 1.75. The number of anilines is 1. The second kappa shape index (κ2) is 9.22. The highest BCUT2D eigenvalue weighted by Gasteiger charge is 2.30. The second-order valence-corrected chi connectivity index (χ2v) is 8.94. The number of nitrogens with one attached hydrogen (secondary N) is 1. The van der Waals surface area contributed by atoms with Gasteiger partial charge in [-0.3, -0.25) is 14.2 Å². The Hall–Kier alpha value is -2.33. The largest absolute Gasteiger partial charge is 0.416 e. The van der Waals surface area contributed by atoms with Crippen LogP contribution in [0.15, 0.2) is 45.7 Å². The zero-order valence-electron chi connectivity index (χ0n) is 16.3. The van der Waals surface area contributed by atoms with Crippen LogP contribution in [0, 0.1) is 5.92 Å². The molecule has 160 valence electrons. The lowest BCUT2D eigenvalue weighted by Gasteiger charge is -2.13. The molecule has 0 aliphatic heterocycles. The molecule has 1 amide bonds. The monoisotopic (exact) mass is 455 g/mol. The smallest absolute Gasteiger partial charge is 0.325 e. The Kier molecular flexibility index (Phi) is 6.87. The summed E-state index contributed by atoms with van der Waals surface area (Å²) in [4.78, 5) is 29.6. The van der Waals surface area contributed by atoms with E-state index in [2.05, 4.69) is 24.1 Å². The topological polar surface area (TPSA) is 64.0 Å². The number of thioether (sulfide) groups is 1. The quantitative estimate of drug-likeness (QED) is 0.390. The van der Waals surface area contributed by atoms with Gasteiger partial charge in [0.1, 0.15) is 4.70 Å². The number of amides is 1. The Labute approximate surface area is 179 Å². The fraction of sp³-hybridized carbons (Fsp3) is 0.350. The molecule has 0 aliphatic carbocycles. The summed E-state index contributed by atoms with van der Waals surface area (Å²) in [6, 6.07) is 6.21. The van der Waals surface area contributed by atoms with Crippen LogP contribution >= 0.6 is 23.1 Å². The third-order valence-electron chi connectivity index (χ3n) is 4.27. The van der Waals surface area contributed by atoms with Crippen molar-refractivity contribution in [3.63, 3.8) is 0 Å². The molecule has 0 aliphatic rings. The molecule has 1 aromatic carbocycles. The molecule has 0 radical (unpaired) electrons. The normalized spacial score (nSPS) is 11.9. The molecule has 0 fully saturated rings. The highest BCUT2D eigenvalue weighted by Crippen LogP contribution is 2.30. The average molecular weight is 456 g/mol. The summed E-state index contributed by atoms with van der Waals surface area (Å²) >= 11 is 2.41. The lowest BCUT2D eigenvalue weighted by molar-refractivity contribution is -0.137. The summed E-state index contributed by atoms with van der Waals surface area (Å²) in [7, 11) is 0. The first-order valence-corrected chi connectivity index (χ1v) is 11.1. The SMILES string of the molecule is CC(C)CCn1c(SCC(=O)Nc2cccc(C(F)(F)F)c2)nc2ccsc2c1=O. The van der Waals surface area contributed by atoms with Crippen LogP contribution in [0.1, 0.15) is 25.8 Å². The summed E-state index contributed by atoms with van der Waals surface area (Å²) in [5, 5.41) is 4.68. The fourth-order valence-electron chi connectivity index (χ4n) is 2.72. The number of nitrogens with zero attached hydrogens (tertiary/aromatic N) is 2. The minimum Gasteiger partial charge on any atom is -0.325 e. The highest BCUT2D eigenvalue weighted by atomic mass is 32.2. The van der Waals surface area contributed by atoms with Crippen molar-refractivity contribution in [3.05, 3.63) is 51.6 Å². The van der Waals surface area contributed by atoms with Crippen molar-refractivity contribution in [2.24, 2.45) is 5.92 Å². The van der Waals surface area contributed by atoms with Crippen LogP contribution in [-0.4, -0.2) is 21.2 Å². The van der Waals surface area contributed by atoms with Crippen LogP contribution in [0.25, 0.3) is 10.2 Å². The van der Waals surface area contributed by atoms with Gasteiger partial charge in [0.25, 0.3) is 5.56 Å². The molecule has 0 unspecified atom stereocenters. The third kappa shape index (κ3) is 5.42. The van der Waals surface area contributed by atoms with Crippen molar-refractivity contribution in [2.75, 3.05) is 11.1 Å². The van der Waals surface area contributed by atoms with E-state index in [9.17, 15) is 22.8 Å². The molecule has 3 aromatic rings. The van der Waals surface area contributed by atoms with Crippen molar-refractivity contribution in [3.8, 4) is 0 Å². The zero-order valence-corrected chi connectivity index (χ0v) is 18.0. The first-order chi connectivity index (χ1) is 14.1.